The van der Waals surface area contributed by atoms with Gasteiger partial charge < -0.3 is 4.43 Å². The van der Waals surface area contributed by atoms with E-state index < -0.39 is 8.32 Å². The van der Waals surface area contributed by atoms with Crippen molar-refractivity contribution in [3.63, 3.8) is 0 Å². The standard InChI is InChI=1S/C19H34OSi/c1-7-16-13-14-19(6)15(5)11-12-17(18(16)19)20-21(8-2,9-3)10-4/h7,15-16H,1,8-14H2,2-6H3/t15-,16+,19+/m0/s1. The van der Waals surface area contributed by atoms with Gasteiger partial charge in [0.1, 0.15) is 0 Å². The van der Waals surface area contributed by atoms with Crippen LogP contribution < -0.4 is 0 Å². The predicted molar refractivity (Wildman–Crippen MR) is 94.7 cm³/mol. The highest BCUT2D eigenvalue weighted by atomic mass is 28.4. The van der Waals surface area contributed by atoms with Crippen LogP contribution in [0.3, 0.4) is 0 Å². The second-order valence-electron chi connectivity index (χ2n) is 7.42. The number of rotatable bonds is 6. The summed E-state index contributed by atoms with van der Waals surface area (Å²) in [6.07, 6.45) is 7.21. The van der Waals surface area contributed by atoms with Crippen LogP contribution in [0.5, 0.6) is 0 Å². The Kier molecular flexibility index (Phi) is 5.07. The summed E-state index contributed by atoms with van der Waals surface area (Å²) in [6.45, 7) is 16.0. The van der Waals surface area contributed by atoms with Gasteiger partial charge in [-0.1, -0.05) is 40.7 Å². The van der Waals surface area contributed by atoms with Crippen molar-refractivity contribution < 1.29 is 4.43 Å². The topological polar surface area (TPSA) is 9.23 Å². The first-order chi connectivity index (χ1) is 9.96. The highest BCUT2D eigenvalue weighted by Gasteiger charge is 2.48. The van der Waals surface area contributed by atoms with Gasteiger partial charge in [0.05, 0.1) is 5.76 Å². The zero-order valence-electron chi connectivity index (χ0n) is 14.8. The molecule has 0 radical (unpaired) electrons. The van der Waals surface area contributed by atoms with E-state index in [0.717, 1.165) is 12.3 Å². The molecule has 2 rings (SSSR count). The lowest BCUT2D eigenvalue weighted by atomic mass is 9.67. The van der Waals surface area contributed by atoms with Crippen molar-refractivity contribution in [2.24, 2.45) is 17.3 Å². The molecule has 0 aliphatic heterocycles. The second-order valence-corrected chi connectivity index (χ2v) is 12.1. The Balaban J connectivity index is 2.41. The average Bonchev–Trinajstić information content (AvgIpc) is 2.87. The molecule has 0 unspecified atom stereocenters. The van der Waals surface area contributed by atoms with Gasteiger partial charge >= 0.3 is 0 Å². The van der Waals surface area contributed by atoms with Crippen LogP contribution in [0.4, 0.5) is 0 Å². The molecule has 1 saturated carbocycles. The van der Waals surface area contributed by atoms with Gasteiger partial charge in [-0.15, -0.1) is 6.58 Å². The van der Waals surface area contributed by atoms with E-state index in [9.17, 15) is 0 Å². The van der Waals surface area contributed by atoms with Gasteiger partial charge in [-0.05, 0) is 54.3 Å². The number of fused-ring (bicyclic) bond motifs is 1. The first-order valence-corrected chi connectivity index (χ1v) is 11.5. The summed E-state index contributed by atoms with van der Waals surface area (Å²) in [6, 6.07) is 3.71. The minimum Gasteiger partial charge on any atom is -0.547 e. The van der Waals surface area contributed by atoms with Crippen molar-refractivity contribution >= 4 is 8.32 Å². The molecule has 0 amide bonds. The molecular weight excluding hydrogens is 272 g/mol. The van der Waals surface area contributed by atoms with E-state index >= 15 is 0 Å². The molecule has 2 aliphatic carbocycles. The molecule has 2 heteroatoms. The van der Waals surface area contributed by atoms with E-state index in [2.05, 4.69) is 47.3 Å². The van der Waals surface area contributed by atoms with Gasteiger partial charge in [0, 0.05) is 12.3 Å². The molecule has 1 nitrogen and oxygen atoms in total. The van der Waals surface area contributed by atoms with Crippen LogP contribution in [0, 0.1) is 17.3 Å². The summed E-state index contributed by atoms with van der Waals surface area (Å²) in [5.74, 6) is 2.73. The SMILES string of the molecule is C=C[C@@H]1CC[C@@]2(C)C1=C(O[Si](CC)(CC)CC)CC[C@@H]2C. The Morgan fingerprint density at radius 1 is 1.24 bits per heavy atom. The van der Waals surface area contributed by atoms with Crippen LogP contribution in [0.2, 0.25) is 18.1 Å². The monoisotopic (exact) mass is 306 g/mol. The highest BCUT2D eigenvalue weighted by molar-refractivity contribution is 6.73. The highest BCUT2D eigenvalue weighted by Crippen LogP contribution is 2.57. The van der Waals surface area contributed by atoms with Crippen molar-refractivity contribution in [2.45, 2.75) is 78.4 Å². The second kappa shape index (κ2) is 6.32. The van der Waals surface area contributed by atoms with Crippen LogP contribution in [-0.2, 0) is 4.43 Å². The average molecular weight is 307 g/mol. The molecule has 0 N–H and O–H groups in total. The molecule has 2 aliphatic rings. The molecule has 0 spiro atoms. The first-order valence-electron chi connectivity index (χ1n) is 9.01. The van der Waals surface area contributed by atoms with E-state index in [4.69, 9.17) is 4.43 Å². The quantitative estimate of drug-likeness (QED) is 0.413. The molecule has 1 fully saturated rings. The summed E-state index contributed by atoms with van der Waals surface area (Å²) in [5, 5.41) is 0. The summed E-state index contributed by atoms with van der Waals surface area (Å²) in [4.78, 5) is 0. The Bertz CT molecular complexity index is 413. The Morgan fingerprint density at radius 2 is 1.86 bits per heavy atom. The summed E-state index contributed by atoms with van der Waals surface area (Å²) in [7, 11) is -1.55. The first kappa shape index (κ1) is 16.9. The lowest BCUT2D eigenvalue weighted by Crippen LogP contribution is -2.38. The van der Waals surface area contributed by atoms with Gasteiger partial charge in [0.2, 0.25) is 8.32 Å². The fourth-order valence-electron chi connectivity index (χ4n) is 4.57. The van der Waals surface area contributed by atoms with E-state index in [0.29, 0.717) is 11.3 Å². The Morgan fingerprint density at radius 3 is 2.38 bits per heavy atom. The van der Waals surface area contributed by atoms with Crippen LogP contribution >= 0.6 is 0 Å². The molecule has 21 heavy (non-hydrogen) atoms. The lowest BCUT2D eigenvalue weighted by Gasteiger charge is -2.42. The van der Waals surface area contributed by atoms with Gasteiger partial charge in [-0.2, -0.15) is 0 Å². The summed E-state index contributed by atoms with van der Waals surface area (Å²) >= 11 is 0. The van der Waals surface area contributed by atoms with Gasteiger partial charge in [-0.25, -0.2) is 0 Å². The minimum absolute atomic E-state index is 0.363. The normalized spacial score (nSPS) is 33.0. The summed E-state index contributed by atoms with van der Waals surface area (Å²) in [5.41, 5.74) is 1.99. The van der Waals surface area contributed by atoms with Crippen LogP contribution in [0.15, 0.2) is 24.0 Å². The zero-order valence-corrected chi connectivity index (χ0v) is 15.8. The molecule has 0 bridgehead atoms. The molecule has 0 saturated heterocycles. The van der Waals surface area contributed by atoms with Crippen molar-refractivity contribution in [2.75, 3.05) is 0 Å². The molecule has 120 valence electrons. The molecule has 0 aromatic rings. The van der Waals surface area contributed by atoms with Crippen molar-refractivity contribution in [3.8, 4) is 0 Å². The van der Waals surface area contributed by atoms with Crippen molar-refractivity contribution in [1.29, 1.82) is 0 Å². The Hall–Kier alpha value is -0.503. The zero-order chi connectivity index (χ0) is 15.7. The van der Waals surface area contributed by atoms with E-state index in [1.807, 2.05) is 0 Å². The van der Waals surface area contributed by atoms with E-state index in [1.165, 1.54) is 43.2 Å². The third-order valence-corrected chi connectivity index (χ3v) is 11.3. The Labute approximate surface area is 133 Å². The van der Waals surface area contributed by atoms with E-state index in [1.54, 1.807) is 5.57 Å². The minimum atomic E-state index is -1.55. The number of hydrogen-bond acceptors (Lipinski definition) is 1. The third kappa shape index (κ3) is 2.76. The maximum Gasteiger partial charge on any atom is 0.250 e. The molecular formula is C19H34OSi. The largest absolute Gasteiger partial charge is 0.547 e. The summed E-state index contributed by atoms with van der Waals surface area (Å²) < 4.78 is 6.86. The molecule has 3 atom stereocenters. The predicted octanol–water partition coefficient (Wildman–Crippen LogP) is 6.29. The molecule has 0 aromatic carbocycles. The van der Waals surface area contributed by atoms with Crippen LogP contribution in [-0.4, -0.2) is 8.32 Å². The third-order valence-electron chi connectivity index (χ3n) is 6.71. The maximum atomic E-state index is 6.86. The fourth-order valence-corrected chi connectivity index (χ4v) is 7.23. The number of hydrogen-bond donors (Lipinski definition) is 0. The lowest BCUT2D eigenvalue weighted by molar-refractivity contribution is 0.200. The van der Waals surface area contributed by atoms with Gasteiger partial charge in [0.15, 0.2) is 0 Å². The van der Waals surface area contributed by atoms with Gasteiger partial charge in [-0.3, -0.25) is 0 Å². The van der Waals surface area contributed by atoms with Crippen molar-refractivity contribution in [1.82, 2.24) is 0 Å². The fraction of sp³-hybridized carbons (Fsp3) is 0.789. The van der Waals surface area contributed by atoms with Crippen LogP contribution in [0.1, 0.15) is 60.3 Å². The number of allylic oxidation sites excluding steroid dienone is 3. The molecule has 0 heterocycles. The smallest absolute Gasteiger partial charge is 0.250 e. The molecule has 0 aromatic heterocycles. The maximum absolute atomic E-state index is 6.86. The van der Waals surface area contributed by atoms with E-state index in [-0.39, 0.29) is 0 Å². The van der Waals surface area contributed by atoms with Gasteiger partial charge in [0.25, 0.3) is 0 Å². The van der Waals surface area contributed by atoms with Crippen LogP contribution in [0.25, 0.3) is 0 Å². The van der Waals surface area contributed by atoms with Crippen molar-refractivity contribution in [3.05, 3.63) is 24.0 Å².